The molecule has 2 aliphatic carbocycles. The van der Waals surface area contributed by atoms with Crippen molar-refractivity contribution in [3.8, 4) is 0 Å². The maximum atomic E-state index is 11.9. The van der Waals surface area contributed by atoms with Crippen LogP contribution in [0.5, 0.6) is 0 Å². The average Bonchev–Trinajstić information content (AvgIpc) is 2.46. The Morgan fingerprint density at radius 3 is 1.40 bits per heavy atom. The third-order valence-electron chi connectivity index (χ3n) is 6.31. The molecular weight excluding hydrogens is 324 g/mol. The van der Waals surface area contributed by atoms with E-state index in [1.54, 1.807) is 0 Å². The Bertz CT molecular complexity index is 480. The smallest absolute Gasteiger partial charge is 0.307 e. The van der Waals surface area contributed by atoms with Gasteiger partial charge >= 0.3 is 17.9 Å². The van der Waals surface area contributed by atoms with Crippen LogP contribution in [-0.2, 0) is 14.4 Å². The third-order valence-corrected chi connectivity index (χ3v) is 6.31. The molecular formula is C19H30O6. The first-order chi connectivity index (χ1) is 11.9. The van der Waals surface area contributed by atoms with E-state index < -0.39 is 35.7 Å². The number of rotatable bonds is 4. The number of carboxylic acid groups (broad SMARTS) is 3. The molecule has 0 bridgehead atoms. The minimum atomic E-state index is -1.12. The topological polar surface area (TPSA) is 112 Å². The van der Waals surface area contributed by atoms with E-state index in [2.05, 4.69) is 0 Å². The van der Waals surface area contributed by atoms with E-state index in [1.807, 2.05) is 0 Å². The van der Waals surface area contributed by atoms with Crippen LogP contribution in [0.15, 0.2) is 0 Å². The second-order valence-electron chi connectivity index (χ2n) is 7.76. The summed E-state index contributed by atoms with van der Waals surface area (Å²) in [7, 11) is 0. The largest absolute Gasteiger partial charge is 0.481 e. The molecule has 0 spiro atoms. The molecule has 0 radical (unpaired) electrons. The highest BCUT2D eigenvalue weighted by atomic mass is 16.4. The molecule has 25 heavy (non-hydrogen) atoms. The van der Waals surface area contributed by atoms with Crippen LogP contribution in [0.25, 0.3) is 0 Å². The number of aliphatic carboxylic acids is 3. The summed E-state index contributed by atoms with van der Waals surface area (Å²) < 4.78 is 0. The standard InChI is InChI=1S/C19H30O6/c20-17(21)14-10-11-16(19(24)25)15(18(22)23)9-8-13(14)12-6-4-2-1-3-5-7-12/h12-16H,1-11H2,(H,20,21)(H,22,23)(H,24,25). The van der Waals surface area contributed by atoms with Crippen LogP contribution in [0, 0.1) is 29.6 Å². The zero-order chi connectivity index (χ0) is 18.4. The molecule has 3 N–H and O–H groups in total. The molecule has 0 aromatic carbocycles. The van der Waals surface area contributed by atoms with Crippen molar-refractivity contribution in [2.24, 2.45) is 29.6 Å². The monoisotopic (exact) mass is 354 g/mol. The lowest BCUT2D eigenvalue weighted by Crippen LogP contribution is -2.38. The Morgan fingerprint density at radius 2 is 0.920 bits per heavy atom. The molecule has 0 aromatic rings. The lowest BCUT2D eigenvalue weighted by atomic mass is 9.67. The van der Waals surface area contributed by atoms with Gasteiger partial charge in [-0.1, -0.05) is 44.9 Å². The molecule has 0 heterocycles. The summed E-state index contributed by atoms with van der Waals surface area (Å²) in [6.07, 6.45) is 8.98. The third kappa shape index (κ3) is 5.19. The number of carboxylic acids is 3. The van der Waals surface area contributed by atoms with E-state index in [4.69, 9.17) is 0 Å². The maximum Gasteiger partial charge on any atom is 0.307 e. The van der Waals surface area contributed by atoms with Crippen LogP contribution >= 0.6 is 0 Å². The average molecular weight is 354 g/mol. The summed E-state index contributed by atoms with van der Waals surface area (Å²) >= 11 is 0. The second kappa shape index (κ2) is 9.20. The molecule has 4 unspecified atom stereocenters. The summed E-state index contributed by atoms with van der Waals surface area (Å²) in [6.45, 7) is 0. The van der Waals surface area contributed by atoms with Gasteiger partial charge in [-0.2, -0.15) is 0 Å². The van der Waals surface area contributed by atoms with E-state index in [0.29, 0.717) is 12.3 Å². The van der Waals surface area contributed by atoms with Crippen molar-refractivity contribution in [1.82, 2.24) is 0 Å². The molecule has 0 aliphatic heterocycles. The van der Waals surface area contributed by atoms with Gasteiger partial charge in [-0.25, -0.2) is 0 Å². The highest BCUT2D eigenvalue weighted by Crippen LogP contribution is 2.42. The van der Waals surface area contributed by atoms with Gasteiger partial charge in [0.25, 0.3) is 0 Å². The zero-order valence-corrected chi connectivity index (χ0v) is 14.7. The van der Waals surface area contributed by atoms with E-state index in [1.165, 1.54) is 19.3 Å². The van der Waals surface area contributed by atoms with E-state index in [-0.39, 0.29) is 25.2 Å². The SMILES string of the molecule is O=C(O)C1CCC(C(=O)O)C(C2CCCCCCC2)CCC1C(=O)O. The number of carbonyl (C=O) groups is 3. The molecule has 2 aliphatic rings. The van der Waals surface area contributed by atoms with Crippen molar-refractivity contribution in [1.29, 1.82) is 0 Å². The molecule has 0 saturated heterocycles. The van der Waals surface area contributed by atoms with Crippen molar-refractivity contribution >= 4 is 17.9 Å². The van der Waals surface area contributed by atoms with Gasteiger partial charge in [-0.15, -0.1) is 0 Å². The molecule has 2 rings (SSSR count). The summed E-state index contributed by atoms with van der Waals surface area (Å²) in [4.78, 5) is 34.9. The molecule has 0 aromatic heterocycles. The minimum Gasteiger partial charge on any atom is -0.481 e. The Labute approximate surface area is 148 Å². The maximum absolute atomic E-state index is 11.9. The van der Waals surface area contributed by atoms with Crippen LogP contribution in [0.1, 0.15) is 70.6 Å². The Balaban J connectivity index is 2.20. The first-order valence-corrected chi connectivity index (χ1v) is 9.60. The predicted molar refractivity (Wildman–Crippen MR) is 91.1 cm³/mol. The molecule has 6 nitrogen and oxygen atoms in total. The van der Waals surface area contributed by atoms with Crippen molar-refractivity contribution in [3.63, 3.8) is 0 Å². The molecule has 142 valence electrons. The van der Waals surface area contributed by atoms with Gasteiger partial charge in [-0.05, 0) is 37.5 Å². The van der Waals surface area contributed by atoms with Gasteiger partial charge < -0.3 is 15.3 Å². The van der Waals surface area contributed by atoms with Crippen molar-refractivity contribution in [3.05, 3.63) is 0 Å². The van der Waals surface area contributed by atoms with Crippen LogP contribution in [0.4, 0.5) is 0 Å². The normalized spacial score (nSPS) is 32.6. The van der Waals surface area contributed by atoms with E-state index >= 15 is 0 Å². The summed E-state index contributed by atoms with van der Waals surface area (Å²) in [5.74, 6) is -5.23. The van der Waals surface area contributed by atoms with E-state index in [9.17, 15) is 29.7 Å². The summed E-state index contributed by atoms with van der Waals surface area (Å²) in [5.41, 5.74) is 0. The second-order valence-corrected chi connectivity index (χ2v) is 7.76. The van der Waals surface area contributed by atoms with Gasteiger partial charge in [0.2, 0.25) is 0 Å². The van der Waals surface area contributed by atoms with Crippen LogP contribution < -0.4 is 0 Å². The molecule has 2 saturated carbocycles. The lowest BCUT2D eigenvalue weighted by molar-refractivity contribution is -0.156. The number of hydrogen-bond acceptors (Lipinski definition) is 3. The molecule has 2 fully saturated rings. The van der Waals surface area contributed by atoms with Crippen LogP contribution in [-0.4, -0.2) is 33.2 Å². The Morgan fingerprint density at radius 1 is 0.520 bits per heavy atom. The van der Waals surface area contributed by atoms with Gasteiger partial charge in [0.1, 0.15) is 0 Å². The Kier molecular flexibility index (Phi) is 7.26. The predicted octanol–water partition coefficient (Wildman–Crippen LogP) is 3.64. The molecule has 0 amide bonds. The molecule has 6 heteroatoms. The first-order valence-electron chi connectivity index (χ1n) is 9.60. The summed E-state index contributed by atoms with van der Waals surface area (Å²) in [5, 5.41) is 28.5. The quantitative estimate of drug-likeness (QED) is 0.710. The number of hydrogen-bond donors (Lipinski definition) is 3. The van der Waals surface area contributed by atoms with Crippen LogP contribution in [0.2, 0.25) is 0 Å². The highest BCUT2D eigenvalue weighted by Gasteiger charge is 2.41. The van der Waals surface area contributed by atoms with E-state index in [0.717, 1.165) is 25.7 Å². The van der Waals surface area contributed by atoms with Gasteiger partial charge in [0, 0.05) is 0 Å². The molecule has 4 atom stereocenters. The van der Waals surface area contributed by atoms with Gasteiger partial charge in [0.05, 0.1) is 17.8 Å². The fraction of sp³-hybridized carbons (Fsp3) is 0.842. The zero-order valence-electron chi connectivity index (χ0n) is 14.7. The fourth-order valence-corrected chi connectivity index (χ4v) is 4.93. The fourth-order valence-electron chi connectivity index (χ4n) is 4.93. The Hall–Kier alpha value is -1.59. The van der Waals surface area contributed by atoms with Crippen molar-refractivity contribution in [2.45, 2.75) is 70.6 Å². The van der Waals surface area contributed by atoms with Crippen molar-refractivity contribution in [2.75, 3.05) is 0 Å². The van der Waals surface area contributed by atoms with Gasteiger partial charge in [-0.3, -0.25) is 14.4 Å². The summed E-state index contributed by atoms with van der Waals surface area (Å²) in [6, 6.07) is 0. The van der Waals surface area contributed by atoms with Crippen molar-refractivity contribution < 1.29 is 29.7 Å². The first kappa shape index (κ1) is 19.7. The minimum absolute atomic E-state index is 0.0350. The lowest BCUT2D eigenvalue weighted by Gasteiger charge is -2.36. The van der Waals surface area contributed by atoms with Gasteiger partial charge in [0.15, 0.2) is 0 Å². The van der Waals surface area contributed by atoms with Crippen LogP contribution in [0.3, 0.4) is 0 Å². The highest BCUT2D eigenvalue weighted by molar-refractivity contribution is 5.80.